The van der Waals surface area contributed by atoms with Crippen molar-refractivity contribution in [3.05, 3.63) is 29.8 Å². The Morgan fingerprint density at radius 1 is 1.23 bits per heavy atom. The first-order chi connectivity index (χ1) is 12.5. The third-order valence-corrected chi connectivity index (χ3v) is 4.24. The van der Waals surface area contributed by atoms with Crippen LogP contribution < -0.4 is 4.74 Å². The molecule has 0 atom stereocenters. The maximum absolute atomic E-state index is 12.0. The smallest absolute Gasteiger partial charge is 0.409 e. The molecule has 26 heavy (non-hydrogen) atoms. The summed E-state index contributed by atoms with van der Waals surface area (Å²) >= 11 is 0. The second-order valence-electron chi connectivity index (χ2n) is 6.01. The van der Waals surface area contributed by atoms with Gasteiger partial charge in [0.2, 0.25) is 0 Å². The molecule has 0 aliphatic carbocycles. The summed E-state index contributed by atoms with van der Waals surface area (Å²) in [5, 5.41) is 9.74. The van der Waals surface area contributed by atoms with E-state index in [4.69, 9.17) is 9.47 Å². The minimum atomic E-state index is -0.270. The Hall–Kier alpha value is -2.54. The largest absolute Gasteiger partial charge is 0.504 e. The fourth-order valence-electron chi connectivity index (χ4n) is 2.72. The van der Waals surface area contributed by atoms with E-state index in [1.54, 1.807) is 36.1 Å². The summed E-state index contributed by atoms with van der Waals surface area (Å²) in [5.74, 6) is 0.463. The summed E-state index contributed by atoms with van der Waals surface area (Å²) in [7, 11) is 1.49. The highest BCUT2D eigenvalue weighted by molar-refractivity contribution is 5.93. The minimum absolute atomic E-state index is 0.0214. The molecule has 0 unspecified atom stereocenters. The van der Waals surface area contributed by atoms with E-state index in [1.165, 1.54) is 13.2 Å². The summed E-state index contributed by atoms with van der Waals surface area (Å²) in [6.45, 7) is 5.55. The van der Waals surface area contributed by atoms with E-state index in [2.05, 4.69) is 4.90 Å². The van der Waals surface area contributed by atoms with Crippen LogP contribution in [0.3, 0.4) is 0 Å². The van der Waals surface area contributed by atoms with Crippen LogP contribution in [-0.2, 0) is 9.53 Å². The maximum atomic E-state index is 12.0. The Balaban J connectivity index is 1.74. The Kier molecular flexibility index (Phi) is 7.47. The molecule has 1 amide bonds. The number of phenolic OH excluding ortho intramolecular Hbond substituents is 1. The highest BCUT2D eigenvalue weighted by Gasteiger charge is 2.21. The molecule has 1 aliphatic heterocycles. The highest BCUT2D eigenvalue weighted by atomic mass is 16.6. The van der Waals surface area contributed by atoms with Gasteiger partial charge in [0.15, 0.2) is 17.3 Å². The SMILES string of the molecule is CCOC(=O)N1CCN(CCC(=O)C=Cc2ccc(OC)c(O)c2)CC1. The van der Waals surface area contributed by atoms with Crippen LogP contribution in [-0.4, -0.2) is 73.2 Å². The zero-order valence-corrected chi connectivity index (χ0v) is 15.3. The second kappa shape index (κ2) is 9.82. The van der Waals surface area contributed by atoms with Crippen molar-refractivity contribution in [1.82, 2.24) is 9.80 Å². The van der Waals surface area contributed by atoms with Crippen molar-refractivity contribution < 1.29 is 24.2 Å². The summed E-state index contributed by atoms with van der Waals surface area (Å²) in [6.07, 6.45) is 3.35. The van der Waals surface area contributed by atoms with Gasteiger partial charge >= 0.3 is 6.09 Å². The molecule has 1 aromatic rings. The molecular formula is C19H26N2O5. The van der Waals surface area contributed by atoms with Crippen LogP contribution >= 0.6 is 0 Å². The fourth-order valence-corrected chi connectivity index (χ4v) is 2.72. The number of ether oxygens (including phenoxy) is 2. The fraction of sp³-hybridized carbons (Fsp3) is 0.474. The Morgan fingerprint density at radius 3 is 2.58 bits per heavy atom. The summed E-state index contributed by atoms with van der Waals surface area (Å²) < 4.78 is 9.98. The van der Waals surface area contributed by atoms with Crippen LogP contribution in [0, 0.1) is 0 Å². The number of carbonyl (C=O) groups is 2. The molecule has 1 heterocycles. The number of amides is 1. The first-order valence-electron chi connectivity index (χ1n) is 8.75. The monoisotopic (exact) mass is 362 g/mol. The number of hydrogen-bond donors (Lipinski definition) is 1. The van der Waals surface area contributed by atoms with E-state index in [-0.39, 0.29) is 17.6 Å². The average Bonchev–Trinajstić information content (AvgIpc) is 2.65. The molecule has 1 aromatic carbocycles. The third kappa shape index (κ3) is 5.77. The lowest BCUT2D eigenvalue weighted by Crippen LogP contribution is -2.49. The predicted octanol–water partition coefficient (Wildman–Crippen LogP) is 2.15. The maximum Gasteiger partial charge on any atom is 0.409 e. The molecule has 1 N–H and O–H groups in total. The second-order valence-corrected chi connectivity index (χ2v) is 6.01. The molecule has 1 aliphatic rings. The van der Waals surface area contributed by atoms with Crippen molar-refractivity contribution >= 4 is 18.0 Å². The lowest BCUT2D eigenvalue weighted by Gasteiger charge is -2.33. The van der Waals surface area contributed by atoms with E-state index in [0.29, 0.717) is 38.4 Å². The number of allylic oxidation sites excluding steroid dienone is 1. The summed E-state index contributed by atoms with van der Waals surface area (Å²) in [5.41, 5.74) is 0.736. The van der Waals surface area contributed by atoms with Gasteiger partial charge in [0, 0.05) is 39.1 Å². The molecule has 0 aromatic heterocycles. The number of aromatic hydroxyl groups is 1. The molecule has 7 heteroatoms. The Labute approximate surface area is 153 Å². The van der Waals surface area contributed by atoms with E-state index in [0.717, 1.165) is 18.7 Å². The molecule has 1 saturated heterocycles. The van der Waals surface area contributed by atoms with Gasteiger partial charge in [0.05, 0.1) is 13.7 Å². The minimum Gasteiger partial charge on any atom is -0.504 e. The van der Waals surface area contributed by atoms with E-state index in [9.17, 15) is 14.7 Å². The first-order valence-corrected chi connectivity index (χ1v) is 8.75. The lowest BCUT2D eigenvalue weighted by molar-refractivity contribution is -0.115. The van der Waals surface area contributed by atoms with E-state index in [1.807, 2.05) is 0 Å². The normalized spacial score (nSPS) is 15.2. The molecule has 0 spiro atoms. The van der Waals surface area contributed by atoms with Crippen LogP contribution in [0.4, 0.5) is 4.79 Å². The van der Waals surface area contributed by atoms with Gasteiger partial charge in [0.25, 0.3) is 0 Å². The van der Waals surface area contributed by atoms with E-state index >= 15 is 0 Å². The van der Waals surface area contributed by atoms with Crippen LogP contribution in [0.5, 0.6) is 11.5 Å². The third-order valence-electron chi connectivity index (χ3n) is 4.24. The average molecular weight is 362 g/mol. The van der Waals surface area contributed by atoms with Crippen LogP contribution in [0.2, 0.25) is 0 Å². The van der Waals surface area contributed by atoms with Crippen molar-refractivity contribution in [1.29, 1.82) is 0 Å². The molecule has 7 nitrogen and oxygen atoms in total. The number of phenols is 1. The van der Waals surface area contributed by atoms with Gasteiger partial charge in [-0.3, -0.25) is 9.69 Å². The Bertz CT molecular complexity index is 651. The zero-order valence-electron chi connectivity index (χ0n) is 15.3. The number of nitrogens with zero attached hydrogens (tertiary/aromatic N) is 2. The first kappa shape index (κ1) is 19.8. The van der Waals surface area contributed by atoms with Gasteiger partial charge < -0.3 is 19.5 Å². The van der Waals surface area contributed by atoms with Crippen LogP contribution in [0.1, 0.15) is 18.9 Å². The van der Waals surface area contributed by atoms with Gasteiger partial charge in [-0.15, -0.1) is 0 Å². The summed E-state index contributed by atoms with van der Waals surface area (Å²) in [4.78, 5) is 27.6. The topological polar surface area (TPSA) is 79.3 Å². The molecule has 0 saturated carbocycles. The molecular weight excluding hydrogens is 336 g/mol. The molecule has 2 rings (SSSR count). The zero-order chi connectivity index (χ0) is 18.9. The number of carbonyl (C=O) groups excluding carboxylic acids is 2. The lowest BCUT2D eigenvalue weighted by atomic mass is 10.1. The molecule has 0 bridgehead atoms. The van der Waals surface area contributed by atoms with Gasteiger partial charge in [-0.25, -0.2) is 4.79 Å². The van der Waals surface area contributed by atoms with Crippen molar-refractivity contribution in [2.75, 3.05) is 46.4 Å². The standard InChI is InChI=1S/C19H26N2O5/c1-3-26-19(24)21-12-10-20(11-13-21)9-8-16(22)6-4-15-5-7-18(25-2)17(23)14-15/h4-7,14,23H,3,8-13H2,1-2H3. The predicted molar refractivity (Wildman–Crippen MR) is 98.4 cm³/mol. The molecule has 142 valence electrons. The van der Waals surface area contributed by atoms with Crippen molar-refractivity contribution in [3.8, 4) is 11.5 Å². The number of benzene rings is 1. The number of ketones is 1. The van der Waals surface area contributed by atoms with Crippen molar-refractivity contribution in [3.63, 3.8) is 0 Å². The van der Waals surface area contributed by atoms with Crippen molar-refractivity contribution in [2.24, 2.45) is 0 Å². The van der Waals surface area contributed by atoms with Gasteiger partial charge in [0.1, 0.15) is 0 Å². The van der Waals surface area contributed by atoms with Gasteiger partial charge in [-0.05, 0) is 30.7 Å². The highest BCUT2D eigenvalue weighted by Crippen LogP contribution is 2.26. The number of hydrogen-bond acceptors (Lipinski definition) is 6. The molecule has 1 fully saturated rings. The number of piperazine rings is 1. The van der Waals surface area contributed by atoms with Gasteiger partial charge in [-0.1, -0.05) is 12.1 Å². The Morgan fingerprint density at radius 2 is 1.96 bits per heavy atom. The van der Waals surface area contributed by atoms with E-state index < -0.39 is 0 Å². The molecule has 0 radical (unpaired) electrons. The number of methoxy groups -OCH3 is 1. The quantitative estimate of drug-likeness (QED) is 0.749. The van der Waals surface area contributed by atoms with Crippen LogP contribution in [0.25, 0.3) is 6.08 Å². The van der Waals surface area contributed by atoms with Gasteiger partial charge in [-0.2, -0.15) is 0 Å². The summed E-state index contributed by atoms with van der Waals surface area (Å²) in [6, 6.07) is 4.98. The van der Waals surface area contributed by atoms with Crippen LogP contribution in [0.15, 0.2) is 24.3 Å². The number of rotatable bonds is 7. The van der Waals surface area contributed by atoms with Crippen molar-refractivity contribution in [2.45, 2.75) is 13.3 Å².